The van der Waals surface area contributed by atoms with Crippen LogP contribution in [0.1, 0.15) is 24.1 Å². The van der Waals surface area contributed by atoms with Crippen molar-refractivity contribution in [2.75, 3.05) is 32.1 Å². The molecule has 1 aliphatic carbocycles. The molecule has 25 heavy (non-hydrogen) atoms. The highest BCUT2D eigenvalue weighted by Gasteiger charge is 2.21. The second-order valence-electron chi connectivity index (χ2n) is 6.52. The number of halogens is 1. The van der Waals surface area contributed by atoms with Gasteiger partial charge in [0.1, 0.15) is 0 Å². The highest BCUT2D eigenvalue weighted by Crippen LogP contribution is 2.37. The number of nitrogens with zero attached hydrogens (tertiary/aromatic N) is 2. The van der Waals surface area contributed by atoms with Gasteiger partial charge in [0.15, 0.2) is 0 Å². The van der Waals surface area contributed by atoms with Crippen molar-refractivity contribution in [2.45, 2.75) is 30.6 Å². The Bertz CT molecular complexity index is 806. The third-order valence-electron chi connectivity index (χ3n) is 4.88. The number of amides is 1. The first-order valence-electron chi connectivity index (χ1n) is 8.82. The van der Waals surface area contributed by atoms with Gasteiger partial charge in [-0.2, -0.15) is 0 Å². The number of aromatic nitrogens is 1. The van der Waals surface area contributed by atoms with Gasteiger partial charge in [0, 0.05) is 34.1 Å². The lowest BCUT2D eigenvalue weighted by molar-refractivity contribution is -0.132. The van der Waals surface area contributed by atoms with E-state index in [0.29, 0.717) is 37.1 Å². The molecule has 0 atom stereocenters. The van der Waals surface area contributed by atoms with E-state index in [1.165, 1.54) is 29.0 Å². The summed E-state index contributed by atoms with van der Waals surface area (Å²) < 4.78 is 5.33. The van der Waals surface area contributed by atoms with Crippen molar-refractivity contribution in [1.82, 2.24) is 9.88 Å². The van der Waals surface area contributed by atoms with Crippen LogP contribution in [0.5, 0.6) is 0 Å². The lowest BCUT2D eigenvalue weighted by atomic mass is 9.94. The maximum atomic E-state index is 12.6. The van der Waals surface area contributed by atoms with Crippen molar-refractivity contribution >= 4 is 40.2 Å². The van der Waals surface area contributed by atoms with Gasteiger partial charge in [0.05, 0.1) is 24.5 Å². The topological polar surface area (TPSA) is 42.4 Å². The van der Waals surface area contributed by atoms with Crippen molar-refractivity contribution in [3.05, 3.63) is 34.5 Å². The van der Waals surface area contributed by atoms with Crippen LogP contribution in [0, 0.1) is 0 Å². The molecule has 0 radical (unpaired) electrons. The molecule has 2 heterocycles. The van der Waals surface area contributed by atoms with Gasteiger partial charge in [0.2, 0.25) is 5.91 Å². The molecule has 1 aromatic heterocycles. The summed E-state index contributed by atoms with van der Waals surface area (Å²) >= 11 is 7.88. The minimum absolute atomic E-state index is 0.185. The Labute approximate surface area is 156 Å². The largest absolute Gasteiger partial charge is 0.378 e. The molecule has 1 aliphatic heterocycles. The molecule has 0 spiro atoms. The summed E-state index contributed by atoms with van der Waals surface area (Å²) in [6, 6.07) is 5.86. The Kier molecular flexibility index (Phi) is 5.15. The van der Waals surface area contributed by atoms with Gasteiger partial charge in [-0.25, -0.2) is 0 Å². The fourth-order valence-electron chi connectivity index (χ4n) is 3.56. The fourth-order valence-corrected chi connectivity index (χ4v) is 4.89. The third-order valence-corrected chi connectivity index (χ3v) is 6.26. The number of thioether (sulfide) groups is 1. The van der Waals surface area contributed by atoms with Crippen LogP contribution in [-0.4, -0.2) is 47.8 Å². The Hall–Kier alpha value is -1.30. The van der Waals surface area contributed by atoms with E-state index in [4.69, 9.17) is 21.3 Å². The van der Waals surface area contributed by atoms with E-state index in [1.807, 2.05) is 23.1 Å². The molecule has 0 saturated carbocycles. The number of hydrogen-bond acceptors (Lipinski definition) is 4. The van der Waals surface area contributed by atoms with E-state index in [1.54, 1.807) is 11.8 Å². The van der Waals surface area contributed by atoms with Crippen LogP contribution in [0.15, 0.2) is 23.1 Å². The molecular weight excluding hydrogens is 356 g/mol. The second-order valence-corrected chi connectivity index (χ2v) is 7.94. The summed E-state index contributed by atoms with van der Waals surface area (Å²) in [5.74, 6) is 0.641. The number of carbonyl (C=O) groups excluding carboxylic acids is 1. The lowest BCUT2D eigenvalue weighted by Crippen LogP contribution is -2.41. The molecular formula is C19H21ClN2O2S. The first-order valence-corrected chi connectivity index (χ1v) is 10.2. The number of benzene rings is 1. The van der Waals surface area contributed by atoms with Crippen molar-refractivity contribution in [3.8, 4) is 0 Å². The first-order chi connectivity index (χ1) is 12.2. The van der Waals surface area contributed by atoms with Crippen molar-refractivity contribution in [3.63, 3.8) is 0 Å². The minimum atomic E-state index is 0.185. The Morgan fingerprint density at radius 2 is 2.04 bits per heavy atom. The van der Waals surface area contributed by atoms with E-state index < -0.39 is 0 Å². The van der Waals surface area contributed by atoms with Crippen LogP contribution in [0.4, 0.5) is 0 Å². The summed E-state index contributed by atoms with van der Waals surface area (Å²) in [7, 11) is 0. The maximum Gasteiger partial charge on any atom is 0.233 e. The van der Waals surface area contributed by atoms with Crippen molar-refractivity contribution < 1.29 is 9.53 Å². The van der Waals surface area contributed by atoms with Gasteiger partial charge in [0.25, 0.3) is 0 Å². The molecule has 1 saturated heterocycles. The standard InChI is InChI=1S/C19H21ClN2O2S/c20-13-5-6-17-15(11-13)19(14-3-1-2-4-16(14)21-17)25-12-18(23)22-7-9-24-10-8-22/h5-6,11H,1-4,7-10,12H2. The molecule has 0 N–H and O–H groups in total. The number of hydrogen-bond donors (Lipinski definition) is 0. The second kappa shape index (κ2) is 7.52. The quantitative estimate of drug-likeness (QED) is 0.766. The zero-order chi connectivity index (χ0) is 17.2. The maximum absolute atomic E-state index is 12.6. The van der Waals surface area contributed by atoms with Gasteiger partial charge in [-0.15, -0.1) is 11.8 Å². The number of morpholine rings is 1. The number of ether oxygens (including phenoxy) is 1. The van der Waals surface area contributed by atoms with E-state index in [9.17, 15) is 4.79 Å². The summed E-state index contributed by atoms with van der Waals surface area (Å²) in [6.45, 7) is 2.67. The van der Waals surface area contributed by atoms with Crippen LogP contribution in [0.2, 0.25) is 5.02 Å². The number of carbonyl (C=O) groups is 1. The monoisotopic (exact) mass is 376 g/mol. The number of fused-ring (bicyclic) bond motifs is 2. The molecule has 4 nitrogen and oxygen atoms in total. The Morgan fingerprint density at radius 1 is 1.24 bits per heavy atom. The molecule has 6 heteroatoms. The molecule has 1 amide bonds. The Morgan fingerprint density at radius 3 is 2.88 bits per heavy atom. The average molecular weight is 377 g/mol. The predicted octanol–water partition coefficient (Wildman–Crippen LogP) is 3.72. The van der Waals surface area contributed by atoms with Crippen LogP contribution >= 0.6 is 23.4 Å². The van der Waals surface area contributed by atoms with Gasteiger partial charge < -0.3 is 9.64 Å². The van der Waals surface area contributed by atoms with Gasteiger partial charge in [-0.1, -0.05) is 11.6 Å². The first kappa shape index (κ1) is 17.1. The highest BCUT2D eigenvalue weighted by molar-refractivity contribution is 8.00. The third kappa shape index (κ3) is 3.64. The van der Waals surface area contributed by atoms with E-state index in [-0.39, 0.29) is 5.91 Å². The Balaban J connectivity index is 1.64. The zero-order valence-corrected chi connectivity index (χ0v) is 15.7. The fraction of sp³-hybridized carbons (Fsp3) is 0.474. The predicted molar refractivity (Wildman–Crippen MR) is 102 cm³/mol. The summed E-state index contributed by atoms with van der Waals surface area (Å²) in [5.41, 5.74) is 3.49. The smallest absolute Gasteiger partial charge is 0.233 e. The zero-order valence-electron chi connectivity index (χ0n) is 14.1. The highest BCUT2D eigenvalue weighted by atomic mass is 35.5. The average Bonchev–Trinajstić information content (AvgIpc) is 2.66. The van der Waals surface area contributed by atoms with Gasteiger partial charge in [-0.05, 0) is 49.4 Å². The molecule has 2 aliphatic rings. The molecule has 4 rings (SSSR count). The molecule has 0 unspecified atom stereocenters. The summed E-state index contributed by atoms with van der Waals surface area (Å²) in [4.78, 5) is 20.5. The molecule has 2 aromatic rings. The molecule has 0 bridgehead atoms. The van der Waals surface area contributed by atoms with E-state index in [0.717, 1.165) is 23.7 Å². The van der Waals surface area contributed by atoms with Crippen LogP contribution in [0.3, 0.4) is 0 Å². The summed E-state index contributed by atoms with van der Waals surface area (Å²) in [6.07, 6.45) is 4.44. The SMILES string of the molecule is O=C(CSc1c2c(nc3ccc(Cl)cc13)CCCC2)N1CCOCC1. The van der Waals surface area contributed by atoms with E-state index >= 15 is 0 Å². The number of pyridine rings is 1. The molecule has 1 fully saturated rings. The van der Waals surface area contributed by atoms with Crippen molar-refractivity contribution in [1.29, 1.82) is 0 Å². The normalized spacial score (nSPS) is 17.6. The van der Waals surface area contributed by atoms with Crippen LogP contribution < -0.4 is 0 Å². The molecule has 132 valence electrons. The lowest BCUT2D eigenvalue weighted by Gasteiger charge is -2.27. The van der Waals surface area contributed by atoms with E-state index in [2.05, 4.69) is 0 Å². The number of aryl methyl sites for hydroxylation is 1. The molecule has 1 aromatic carbocycles. The van der Waals surface area contributed by atoms with Gasteiger partial charge >= 0.3 is 0 Å². The summed E-state index contributed by atoms with van der Waals surface area (Å²) in [5, 5.41) is 1.79. The minimum Gasteiger partial charge on any atom is -0.378 e. The van der Waals surface area contributed by atoms with Crippen LogP contribution in [-0.2, 0) is 22.4 Å². The van der Waals surface area contributed by atoms with Crippen LogP contribution in [0.25, 0.3) is 10.9 Å². The van der Waals surface area contributed by atoms with Gasteiger partial charge in [-0.3, -0.25) is 9.78 Å². The van der Waals surface area contributed by atoms with Crippen molar-refractivity contribution in [2.24, 2.45) is 0 Å². The number of rotatable bonds is 3.